The van der Waals surface area contributed by atoms with Gasteiger partial charge in [-0.1, -0.05) is 62.0 Å². The van der Waals surface area contributed by atoms with Gasteiger partial charge in [0.1, 0.15) is 6.33 Å². The summed E-state index contributed by atoms with van der Waals surface area (Å²) >= 11 is 3.13. The van der Waals surface area contributed by atoms with Crippen molar-refractivity contribution in [3.63, 3.8) is 0 Å². The van der Waals surface area contributed by atoms with Gasteiger partial charge >= 0.3 is 0 Å². The van der Waals surface area contributed by atoms with Gasteiger partial charge in [-0.25, -0.2) is 4.98 Å². The van der Waals surface area contributed by atoms with Crippen molar-refractivity contribution in [1.29, 1.82) is 0 Å². The van der Waals surface area contributed by atoms with E-state index in [-0.39, 0.29) is 34.1 Å². The molecular weight excluding hydrogens is 551 g/mol. The van der Waals surface area contributed by atoms with Crippen LogP contribution < -0.4 is 0 Å². The van der Waals surface area contributed by atoms with E-state index in [9.17, 15) is 15.0 Å². The van der Waals surface area contributed by atoms with Crippen LogP contribution in [0.5, 0.6) is 0 Å². The predicted octanol–water partition coefficient (Wildman–Crippen LogP) is 6.59. The van der Waals surface area contributed by atoms with Crippen molar-refractivity contribution >= 4 is 39.0 Å². The Morgan fingerprint density at radius 1 is 1.10 bits per heavy atom. The van der Waals surface area contributed by atoms with Crippen molar-refractivity contribution in [3.8, 4) is 0 Å². The maximum atomic E-state index is 14.8. The third-order valence-corrected chi connectivity index (χ3v) is 14.7. The van der Waals surface area contributed by atoms with Crippen LogP contribution in [0.1, 0.15) is 68.5 Å². The van der Waals surface area contributed by atoms with E-state index in [4.69, 9.17) is 0 Å². The third kappa shape index (κ3) is 3.31. The fourth-order valence-corrected chi connectivity index (χ4v) is 12.4. The zero-order valence-electron chi connectivity index (χ0n) is 23.6. The highest BCUT2D eigenvalue weighted by atomic mass is 32.2. The van der Waals surface area contributed by atoms with Crippen LogP contribution in [-0.2, 0) is 0 Å². The molecule has 3 N–H and O–H groups in total. The minimum absolute atomic E-state index is 0.0262. The first kappa shape index (κ1) is 26.4. The lowest BCUT2D eigenvalue weighted by molar-refractivity contribution is -0.166. The lowest BCUT2D eigenvalue weighted by Gasteiger charge is -2.71. The Labute approximate surface area is 248 Å². The monoisotopic (exact) mass is 587 g/mol. The number of aromatic nitrogens is 3. The van der Waals surface area contributed by atoms with Gasteiger partial charge in [0, 0.05) is 32.3 Å². The molecule has 214 valence electrons. The molecule has 8 heteroatoms. The number of Topliss-reactive ketones (excluding diaryl/α,β-unsaturated/α-hetero) is 1. The smallest absolute Gasteiger partial charge is 0.199 e. The molecular formula is C33H37N3O3S2. The number of aliphatic hydroxyl groups is 2. The number of hydrogen-bond acceptors (Lipinski definition) is 7. The van der Waals surface area contributed by atoms with E-state index in [0.717, 1.165) is 57.8 Å². The molecule has 0 saturated heterocycles. The highest BCUT2D eigenvalue weighted by Crippen LogP contribution is 2.78. The summed E-state index contributed by atoms with van der Waals surface area (Å²) in [5.41, 5.74) is -1.07. The van der Waals surface area contributed by atoms with Gasteiger partial charge in [0.05, 0.1) is 16.6 Å². The molecule has 2 heterocycles. The fraction of sp³-hybridized carbons (Fsp3) is 0.545. The van der Waals surface area contributed by atoms with Crippen LogP contribution in [0.25, 0.3) is 10.1 Å². The van der Waals surface area contributed by atoms with Crippen molar-refractivity contribution in [2.45, 2.75) is 75.7 Å². The third-order valence-electron chi connectivity index (χ3n) is 12.4. The Kier molecular flexibility index (Phi) is 5.56. The first-order valence-electron chi connectivity index (χ1n) is 15.0. The van der Waals surface area contributed by atoms with Crippen molar-refractivity contribution in [2.75, 3.05) is 5.75 Å². The van der Waals surface area contributed by atoms with Gasteiger partial charge in [0.15, 0.2) is 10.9 Å². The Bertz CT molecular complexity index is 1580. The molecule has 3 fully saturated rings. The van der Waals surface area contributed by atoms with Gasteiger partial charge in [0.25, 0.3) is 0 Å². The molecule has 6 aliphatic rings. The normalized spacial score (nSPS) is 42.5. The van der Waals surface area contributed by atoms with Crippen molar-refractivity contribution in [2.24, 2.45) is 33.5 Å². The first-order chi connectivity index (χ1) is 19.6. The van der Waals surface area contributed by atoms with Gasteiger partial charge in [0.2, 0.25) is 0 Å². The number of benzene rings is 1. The second-order valence-electron chi connectivity index (χ2n) is 13.9. The van der Waals surface area contributed by atoms with Crippen LogP contribution in [0.3, 0.4) is 0 Å². The largest absolute Gasteiger partial charge is 0.393 e. The number of ketones is 1. The number of thioether (sulfide) groups is 1. The maximum absolute atomic E-state index is 14.8. The SMILES string of the molecule is CC12CCC(O)CC13C=CC1(C(C(=O)c4cc5ccccc5s4)=C3)C2CCC2(C)C1CCC2(O)CSc1ncn[nH]1. The molecule has 3 aromatic rings. The van der Waals surface area contributed by atoms with E-state index in [1.807, 2.05) is 12.1 Å². The highest BCUT2D eigenvalue weighted by Gasteiger charge is 2.74. The number of aliphatic hydroxyl groups excluding tert-OH is 1. The van der Waals surface area contributed by atoms with E-state index in [1.54, 1.807) is 23.1 Å². The van der Waals surface area contributed by atoms with Crippen LogP contribution >= 0.6 is 23.1 Å². The number of nitrogens with zero attached hydrogens (tertiary/aromatic N) is 2. The van der Waals surface area contributed by atoms with Crippen molar-refractivity contribution in [1.82, 2.24) is 15.2 Å². The quantitative estimate of drug-likeness (QED) is 0.177. The van der Waals surface area contributed by atoms with E-state index in [2.05, 4.69) is 65.5 Å². The van der Waals surface area contributed by atoms with Crippen LogP contribution in [0.15, 0.2) is 65.6 Å². The Balaban J connectivity index is 1.27. The molecule has 2 aromatic heterocycles. The zero-order valence-corrected chi connectivity index (χ0v) is 25.2. The second-order valence-corrected chi connectivity index (χ2v) is 15.9. The number of rotatable bonds is 5. The van der Waals surface area contributed by atoms with Gasteiger partial charge in [-0.2, -0.15) is 5.10 Å². The molecule has 8 unspecified atom stereocenters. The summed E-state index contributed by atoms with van der Waals surface area (Å²) in [6.45, 7) is 4.72. The lowest BCUT2D eigenvalue weighted by atomic mass is 9.33. The minimum Gasteiger partial charge on any atom is -0.393 e. The van der Waals surface area contributed by atoms with E-state index in [1.165, 1.54) is 6.33 Å². The highest BCUT2D eigenvalue weighted by molar-refractivity contribution is 7.99. The number of aromatic amines is 1. The molecule has 1 aromatic carbocycles. The molecule has 6 aliphatic carbocycles. The number of nitrogens with one attached hydrogen (secondary N) is 1. The van der Waals surface area contributed by atoms with Crippen LogP contribution in [-0.4, -0.2) is 48.6 Å². The Morgan fingerprint density at radius 3 is 2.68 bits per heavy atom. The van der Waals surface area contributed by atoms with Crippen LogP contribution in [0, 0.1) is 33.5 Å². The van der Waals surface area contributed by atoms with Crippen molar-refractivity contribution in [3.05, 3.63) is 65.3 Å². The summed E-state index contributed by atoms with van der Waals surface area (Å²) in [6.07, 6.45) is 14.2. The Morgan fingerprint density at radius 2 is 1.88 bits per heavy atom. The molecule has 6 nitrogen and oxygen atoms in total. The van der Waals surface area contributed by atoms with E-state index in [0.29, 0.717) is 24.5 Å². The maximum Gasteiger partial charge on any atom is 0.199 e. The molecule has 9 rings (SSSR count). The van der Waals surface area contributed by atoms with Crippen LogP contribution in [0.2, 0.25) is 0 Å². The molecule has 3 saturated carbocycles. The minimum atomic E-state index is -0.871. The summed E-state index contributed by atoms with van der Waals surface area (Å²) < 4.78 is 1.13. The van der Waals surface area contributed by atoms with Crippen LogP contribution in [0.4, 0.5) is 0 Å². The molecule has 41 heavy (non-hydrogen) atoms. The molecule has 0 radical (unpaired) electrons. The topological polar surface area (TPSA) is 99.1 Å². The number of thiophene rings is 1. The van der Waals surface area contributed by atoms with Crippen molar-refractivity contribution < 1.29 is 15.0 Å². The number of fused-ring (bicyclic) bond motifs is 2. The number of carbonyl (C=O) groups excluding carboxylic acids is 1. The van der Waals surface area contributed by atoms with E-state index < -0.39 is 11.0 Å². The number of H-pyrrole nitrogens is 1. The second kappa shape index (κ2) is 8.65. The summed E-state index contributed by atoms with van der Waals surface area (Å²) in [6, 6.07) is 10.3. The predicted molar refractivity (Wildman–Crippen MR) is 162 cm³/mol. The summed E-state index contributed by atoms with van der Waals surface area (Å²) in [4.78, 5) is 19.8. The number of allylic oxidation sites excluding steroid dienone is 4. The summed E-state index contributed by atoms with van der Waals surface area (Å²) in [5.74, 6) is 1.14. The van der Waals surface area contributed by atoms with Gasteiger partial charge < -0.3 is 10.2 Å². The zero-order chi connectivity index (χ0) is 28.3. The molecule has 0 amide bonds. The number of hydrogen-bond donors (Lipinski definition) is 3. The van der Waals surface area contributed by atoms with E-state index >= 15 is 0 Å². The average molecular weight is 588 g/mol. The van der Waals surface area contributed by atoms with Gasteiger partial charge in [-0.05, 0) is 79.7 Å². The summed E-state index contributed by atoms with van der Waals surface area (Å²) in [7, 11) is 0. The standard InChI is InChI=1S/C33H37N3O3S2/c1-29-10-7-21(37)16-31(29)13-14-33(22(17-31)27(38)24-15-20-5-3-4-6-23(20)41-24)25(29)8-11-30(2)26(33)9-12-32(30,39)18-40-28-34-19-35-36-28/h3-6,13-15,17,19,21,25-26,37,39H,7-12,16,18H2,1-2H3,(H,34,35,36). The number of carbonyl (C=O) groups is 1. The summed E-state index contributed by atoms with van der Waals surface area (Å²) in [5, 5.41) is 32.0. The molecule has 0 aliphatic heterocycles. The first-order valence-corrected chi connectivity index (χ1v) is 16.8. The Hall–Kier alpha value is -2.26. The van der Waals surface area contributed by atoms with Gasteiger partial charge in [-0.15, -0.1) is 11.3 Å². The molecule has 8 atom stereocenters. The van der Waals surface area contributed by atoms with Gasteiger partial charge in [-0.3, -0.25) is 9.89 Å². The molecule has 2 spiro atoms. The molecule has 2 bridgehead atoms. The fourth-order valence-electron chi connectivity index (χ4n) is 10.3. The average Bonchev–Trinajstić information content (AvgIpc) is 3.70. The lowest BCUT2D eigenvalue weighted by Crippen LogP contribution is -2.67.